The molecule has 1 saturated heterocycles. The van der Waals surface area contributed by atoms with Crippen molar-refractivity contribution in [2.75, 3.05) is 0 Å². The average molecular weight is 399 g/mol. The number of pyridine rings is 1. The quantitative estimate of drug-likeness (QED) is 0.689. The van der Waals surface area contributed by atoms with Crippen molar-refractivity contribution in [2.24, 2.45) is 0 Å². The van der Waals surface area contributed by atoms with Crippen molar-refractivity contribution >= 4 is 33.5 Å². The summed E-state index contributed by atoms with van der Waals surface area (Å²) in [6, 6.07) is 12.6. The second kappa shape index (κ2) is 5.70. The first-order valence-electron chi connectivity index (χ1n) is 7.81. The summed E-state index contributed by atoms with van der Waals surface area (Å²) in [7, 11) is 0. The van der Waals surface area contributed by atoms with Gasteiger partial charge in [-0.25, -0.2) is 9.78 Å². The SMILES string of the molecule is CC1(c2ccccc2Br)NC(=O)N(Cc2cn3ccccc3n2)C1=O. The minimum atomic E-state index is -1.10. The number of rotatable bonds is 3. The van der Waals surface area contributed by atoms with Gasteiger partial charge in [-0.05, 0) is 25.1 Å². The zero-order valence-corrected chi connectivity index (χ0v) is 15.0. The summed E-state index contributed by atoms with van der Waals surface area (Å²) in [6.45, 7) is 1.85. The average Bonchev–Trinajstić information content (AvgIpc) is 3.10. The van der Waals surface area contributed by atoms with Gasteiger partial charge in [-0.15, -0.1) is 0 Å². The molecule has 1 aromatic carbocycles. The lowest BCUT2D eigenvalue weighted by molar-refractivity contribution is -0.131. The molecular weight excluding hydrogens is 384 g/mol. The summed E-state index contributed by atoms with van der Waals surface area (Å²) in [4.78, 5) is 31.1. The molecule has 4 rings (SSSR count). The number of fused-ring (bicyclic) bond motifs is 1. The normalized spacial score (nSPS) is 20.3. The van der Waals surface area contributed by atoms with E-state index in [-0.39, 0.29) is 12.5 Å². The second-order valence-corrected chi connectivity index (χ2v) is 6.98. The van der Waals surface area contributed by atoms with Crippen LogP contribution in [-0.2, 0) is 16.9 Å². The van der Waals surface area contributed by atoms with Crippen molar-refractivity contribution in [3.8, 4) is 0 Å². The van der Waals surface area contributed by atoms with Gasteiger partial charge >= 0.3 is 6.03 Å². The molecule has 7 heteroatoms. The Bertz CT molecular complexity index is 966. The molecule has 1 unspecified atom stereocenters. The van der Waals surface area contributed by atoms with E-state index in [0.29, 0.717) is 5.69 Å². The first-order valence-corrected chi connectivity index (χ1v) is 8.60. The maximum atomic E-state index is 13.0. The van der Waals surface area contributed by atoms with Crippen LogP contribution in [0.3, 0.4) is 0 Å². The van der Waals surface area contributed by atoms with E-state index in [9.17, 15) is 9.59 Å². The molecule has 0 aliphatic carbocycles. The second-order valence-electron chi connectivity index (χ2n) is 6.12. The lowest BCUT2D eigenvalue weighted by atomic mass is 9.92. The molecule has 3 heterocycles. The Balaban J connectivity index is 1.66. The molecule has 25 heavy (non-hydrogen) atoms. The molecule has 126 valence electrons. The van der Waals surface area contributed by atoms with Crippen molar-refractivity contribution in [1.29, 1.82) is 0 Å². The van der Waals surface area contributed by atoms with Gasteiger partial charge in [0.15, 0.2) is 0 Å². The largest absolute Gasteiger partial charge is 0.325 e. The number of hydrogen-bond donors (Lipinski definition) is 1. The van der Waals surface area contributed by atoms with Gasteiger partial charge in [0, 0.05) is 22.4 Å². The van der Waals surface area contributed by atoms with Crippen LogP contribution in [0.25, 0.3) is 5.65 Å². The van der Waals surface area contributed by atoms with Crippen LogP contribution >= 0.6 is 15.9 Å². The molecule has 0 saturated carbocycles. The number of urea groups is 1. The van der Waals surface area contributed by atoms with Crippen LogP contribution in [0.5, 0.6) is 0 Å². The highest BCUT2D eigenvalue weighted by Gasteiger charge is 2.49. The predicted molar refractivity (Wildman–Crippen MR) is 95.8 cm³/mol. The summed E-state index contributed by atoms with van der Waals surface area (Å²) in [5, 5.41) is 2.81. The summed E-state index contributed by atoms with van der Waals surface area (Å²) >= 11 is 3.46. The number of imide groups is 1. The van der Waals surface area contributed by atoms with E-state index in [4.69, 9.17) is 0 Å². The Kier molecular flexibility index (Phi) is 3.61. The fraction of sp³-hybridized carbons (Fsp3) is 0.167. The molecule has 1 fully saturated rings. The first-order chi connectivity index (χ1) is 12.0. The Morgan fingerprint density at radius 2 is 1.92 bits per heavy atom. The first kappa shape index (κ1) is 15.8. The minimum absolute atomic E-state index is 0.131. The van der Waals surface area contributed by atoms with Crippen LogP contribution in [0.15, 0.2) is 59.3 Å². The predicted octanol–water partition coefficient (Wildman–Crippen LogP) is 3.06. The van der Waals surface area contributed by atoms with Gasteiger partial charge in [-0.3, -0.25) is 9.69 Å². The number of carbonyl (C=O) groups excluding carboxylic acids is 2. The molecule has 1 aliphatic heterocycles. The van der Waals surface area contributed by atoms with E-state index in [1.807, 2.05) is 59.3 Å². The minimum Gasteiger partial charge on any atom is -0.319 e. The molecule has 6 nitrogen and oxygen atoms in total. The Labute approximate surface area is 152 Å². The van der Waals surface area contributed by atoms with Gasteiger partial charge < -0.3 is 9.72 Å². The summed E-state index contributed by atoms with van der Waals surface area (Å²) in [5.74, 6) is -0.290. The molecule has 3 amide bonds. The maximum Gasteiger partial charge on any atom is 0.325 e. The number of nitrogens with one attached hydrogen (secondary N) is 1. The Morgan fingerprint density at radius 3 is 2.68 bits per heavy atom. The van der Waals surface area contributed by atoms with Gasteiger partial charge in [0.25, 0.3) is 5.91 Å². The van der Waals surface area contributed by atoms with E-state index in [2.05, 4.69) is 26.2 Å². The van der Waals surface area contributed by atoms with E-state index < -0.39 is 11.6 Å². The molecule has 0 spiro atoms. The smallest absolute Gasteiger partial charge is 0.319 e. The lowest BCUT2D eigenvalue weighted by Crippen LogP contribution is -2.41. The van der Waals surface area contributed by atoms with Crippen molar-refractivity contribution in [1.82, 2.24) is 19.6 Å². The lowest BCUT2D eigenvalue weighted by Gasteiger charge is -2.23. The van der Waals surface area contributed by atoms with Gasteiger partial charge in [0.05, 0.1) is 12.2 Å². The van der Waals surface area contributed by atoms with Crippen molar-refractivity contribution in [2.45, 2.75) is 19.0 Å². The number of benzene rings is 1. The molecular formula is C18H15BrN4O2. The van der Waals surface area contributed by atoms with Crippen molar-refractivity contribution < 1.29 is 9.59 Å². The highest BCUT2D eigenvalue weighted by atomic mass is 79.9. The third kappa shape index (κ3) is 2.51. The number of amides is 3. The third-order valence-corrected chi connectivity index (χ3v) is 5.11. The van der Waals surface area contributed by atoms with Crippen LogP contribution in [0.1, 0.15) is 18.2 Å². The zero-order chi connectivity index (χ0) is 17.6. The van der Waals surface area contributed by atoms with Gasteiger partial charge in [0.1, 0.15) is 11.2 Å². The number of nitrogens with zero attached hydrogens (tertiary/aromatic N) is 3. The number of halogens is 1. The summed E-state index contributed by atoms with van der Waals surface area (Å²) in [6.07, 6.45) is 3.70. The van der Waals surface area contributed by atoms with Gasteiger partial charge in [0.2, 0.25) is 0 Å². The van der Waals surface area contributed by atoms with Crippen molar-refractivity contribution in [3.63, 3.8) is 0 Å². The van der Waals surface area contributed by atoms with Gasteiger partial charge in [-0.1, -0.05) is 40.2 Å². The maximum absolute atomic E-state index is 13.0. The molecule has 2 aromatic heterocycles. The highest BCUT2D eigenvalue weighted by molar-refractivity contribution is 9.10. The molecule has 0 radical (unpaired) electrons. The van der Waals surface area contributed by atoms with Crippen LogP contribution in [0.2, 0.25) is 0 Å². The number of imidazole rings is 1. The fourth-order valence-electron chi connectivity index (χ4n) is 3.12. The summed E-state index contributed by atoms with van der Waals surface area (Å²) < 4.78 is 2.64. The standard InChI is InChI=1S/C18H15BrN4O2/c1-18(13-6-2-3-7-14(13)19)16(24)23(17(25)21-18)11-12-10-22-9-5-4-8-15(22)20-12/h2-10H,11H2,1H3,(H,21,25). The van der Waals surface area contributed by atoms with E-state index in [1.165, 1.54) is 4.90 Å². The monoisotopic (exact) mass is 398 g/mol. The van der Waals surface area contributed by atoms with Gasteiger partial charge in [-0.2, -0.15) is 0 Å². The fourth-order valence-corrected chi connectivity index (χ4v) is 3.80. The topological polar surface area (TPSA) is 66.7 Å². The van der Waals surface area contributed by atoms with Crippen molar-refractivity contribution in [3.05, 3.63) is 70.6 Å². The molecule has 0 bridgehead atoms. The highest BCUT2D eigenvalue weighted by Crippen LogP contribution is 2.34. The molecule has 1 aliphatic rings. The Hall–Kier alpha value is -2.67. The van der Waals surface area contributed by atoms with Crippen LogP contribution < -0.4 is 5.32 Å². The number of carbonyl (C=O) groups is 2. The number of aromatic nitrogens is 2. The Morgan fingerprint density at radius 1 is 1.16 bits per heavy atom. The molecule has 3 aromatic rings. The van der Waals surface area contributed by atoms with E-state index in [0.717, 1.165) is 15.7 Å². The van der Waals surface area contributed by atoms with Crippen LogP contribution in [0.4, 0.5) is 4.79 Å². The third-order valence-electron chi connectivity index (χ3n) is 4.42. The summed E-state index contributed by atoms with van der Waals surface area (Å²) in [5.41, 5.74) is 1.06. The number of hydrogen-bond acceptors (Lipinski definition) is 3. The molecule has 1 atom stereocenters. The molecule has 1 N–H and O–H groups in total. The van der Waals surface area contributed by atoms with E-state index >= 15 is 0 Å². The van der Waals surface area contributed by atoms with Crippen LogP contribution in [0, 0.1) is 0 Å². The zero-order valence-electron chi connectivity index (χ0n) is 13.4. The van der Waals surface area contributed by atoms with Crippen LogP contribution in [-0.4, -0.2) is 26.2 Å². The van der Waals surface area contributed by atoms with E-state index in [1.54, 1.807) is 6.92 Å².